The molecule has 0 saturated carbocycles. The molecule has 8 heteroatoms. The van der Waals surface area contributed by atoms with Crippen LogP contribution in [0.25, 0.3) is 0 Å². The molecule has 2 rings (SSSR count). The third-order valence-electron chi connectivity index (χ3n) is 4.62. The van der Waals surface area contributed by atoms with E-state index < -0.39 is 39.4 Å². The van der Waals surface area contributed by atoms with Gasteiger partial charge in [-0.15, -0.1) is 0 Å². The smallest absolute Gasteiger partial charge is 0.320 e. The van der Waals surface area contributed by atoms with Crippen molar-refractivity contribution in [3.8, 4) is 0 Å². The van der Waals surface area contributed by atoms with Gasteiger partial charge in [-0.1, -0.05) is 24.3 Å². The molecule has 1 aromatic rings. The number of hydrogen-bond acceptors (Lipinski definition) is 7. The average molecular weight is 406 g/mol. The zero-order chi connectivity index (χ0) is 20.9. The summed E-state index contributed by atoms with van der Waals surface area (Å²) in [4.78, 5) is 36.3. The molecular weight excluding hydrogens is 384 g/mol. The number of hydrogen-bond donors (Lipinski definition) is 0. The minimum Gasteiger partial charge on any atom is -0.468 e. The number of esters is 2. The van der Waals surface area contributed by atoms with Crippen molar-refractivity contribution in [3.63, 3.8) is 0 Å². The fourth-order valence-electron chi connectivity index (χ4n) is 3.15. The maximum Gasteiger partial charge on any atom is 0.320 e. The van der Waals surface area contributed by atoms with Gasteiger partial charge in [-0.3, -0.25) is 14.4 Å². The molecule has 1 aliphatic carbocycles. The standard InChI is InChI=1S/C20H22O7S/c1-14-8-7-11-20(18(14)22,19(23)26-3)12-17(13-27-15(2)21)28(24,25)16-9-5-4-6-10-16/h4-6,8-10,13H,7,11-12H2,1-3H3/b17-13+. The fourth-order valence-corrected chi connectivity index (χ4v) is 4.58. The van der Waals surface area contributed by atoms with Crippen LogP contribution in [0.4, 0.5) is 0 Å². The summed E-state index contributed by atoms with van der Waals surface area (Å²) in [5, 5.41) is 0. The summed E-state index contributed by atoms with van der Waals surface area (Å²) in [6.07, 6.45) is 2.55. The van der Waals surface area contributed by atoms with Gasteiger partial charge >= 0.3 is 11.9 Å². The van der Waals surface area contributed by atoms with Crippen molar-refractivity contribution in [2.75, 3.05) is 7.11 Å². The van der Waals surface area contributed by atoms with Crippen molar-refractivity contribution >= 4 is 27.6 Å². The van der Waals surface area contributed by atoms with E-state index in [1.54, 1.807) is 31.2 Å². The van der Waals surface area contributed by atoms with Gasteiger partial charge in [0.25, 0.3) is 0 Å². The first kappa shape index (κ1) is 21.6. The summed E-state index contributed by atoms with van der Waals surface area (Å²) >= 11 is 0. The van der Waals surface area contributed by atoms with Gasteiger partial charge in [-0.2, -0.15) is 0 Å². The van der Waals surface area contributed by atoms with Gasteiger partial charge < -0.3 is 9.47 Å². The van der Waals surface area contributed by atoms with Gasteiger partial charge in [0, 0.05) is 13.3 Å². The van der Waals surface area contributed by atoms with Gasteiger partial charge in [0.2, 0.25) is 9.84 Å². The van der Waals surface area contributed by atoms with Crippen molar-refractivity contribution < 1.29 is 32.3 Å². The van der Waals surface area contributed by atoms with Gasteiger partial charge in [-0.05, 0) is 37.5 Å². The normalized spacial score (nSPS) is 20.3. The minimum atomic E-state index is -4.11. The highest BCUT2D eigenvalue weighted by molar-refractivity contribution is 7.95. The third-order valence-corrected chi connectivity index (χ3v) is 6.45. The van der Waals surface area contributed by atoms with Crippen LogP contribution in [0.1, 0.15) is 33.1 Å². The molecule has 0 radical (unpaired) electrons. The Labute approximate surface area is 163 Å². The first-order valence-corrected chi connectivity index (χ1v) is 10.1. The van der Waals surface area contributed by atoms with Crippen LogP contribution in [-0.2, 0) is 33.7 Å². The number of rotatable bonds is 6. The van der Waals surface area contributed by atoms with Crippen molar-refractivity contribution in [2.24, 2.45) is 5.41 Å². The molecule has 1 aliphatic rings. The summed E-state index contributed by atoms with van der Waals surface area (Å²) in [7, 11) is -2.97. The van der Waals surface area contributed by atoms with Gasteiger partial charge in [0.1, 0.15) is 11.7 Å². The quantitative estimate of drug-likeness (QED) is 0.406. The van der Waals surface area contributed by atoms with E-state index in [1.807, 2.05) is 0 Å². The Morgan fingerprint density at radius 2 is 1.86 bits per heavy atom. The van der Waals surface area contributed by atoms with Crippen LogP contribution in [0.2, 0.25) is 0 Å². The van der Waals surface area contributed by atoms with Crippen LogP contribution in [0.5, 0.6) is 0 Å². The number of allylic oxidation sites excluding steroid dienone is 3. The fraction of sp³-hybridized carbons (Fsp3) is 0.350. The average Bonchev–Trinajstić information content (AvgIpc) is 2.68. The topological polar surface area (TPSA) is 104 Å². The highest BCUT2D eigenvalue weighted by Gasteiger charge is 2.50. The lowest BCUT2D eigenvalue weighted by molar-refractivity contribution is -0.157. The molecule has 0 N–H and O–H groups in total. The van der Waals surface area contributed by atoms with E-state index in [1.165, 1.54) is 12.1 Å². The van der Waals surface area contributed by atoms with E-state index in [4.69, 9.17) is 9.47 Å². The zero-order valence-corrected chi connectivity index (χ0v) is 16.7. The highest BCUT2D eigenvalue weighted by Crippen LogP contribution is 2.42. The second-order valence-electron chi connectivity index (χ2n) is 6.52. The molecular formula is C20H22O7S. The summed E-state index contributed by atoms with van der Waals surface area (Å²) in [6, 6.07) is 7.52. The van der Waals surface area contributed by atoms with Crippen LogP contribution in [-0.4, -0.2) is 33.2 Å². The SMILES string of the molecule is COC(=O)C1(C/C(=C\OC(C)=O)S(=O)(=O)c2ccccc2)CCC=C(C)C1=O. The lowest BCUT2D eigenvalue weighted by Gasteiger charge is -2.32. The molecule has 0 bridgehead atoms. The molecule has 1 aromatic carbocycles. The minimum absolute atomic E-state index is 0.0380. The van der Waals surface area contributed by atoms with E-state index in [0.29, 0.717) is 12.0 Å². The molecule has 0 aromatic heterocycles. The van der Waals surface area contributed by atoms with E-state index in [0.717, 1.165) is 20.3 Å². The van der Waals surface area contributed by atoms with E-state index in [2.05, 4.69) is 0 Å². The van der Waals surface area contributed by atoms with Crippen LogP contribution in [0.15, 0.2) is 58.0 Å². The maximum atomic E-state index is 13.1. The molecule has 1 atom stereocenters. The third kappa shape index (κ3) is 4.22. The monoisotopic (exact) mass is 406 g/mol. The number of benzene rings is 1. The number of ketones is 1. The Morgan fingerprint density at radius 3 is 2.43 bits per heavy atom. The van der Waals surface area contributed by atoms with Gasteiger partial charge in [-0.25, -0.2) is 8.42 Å². The molecule has 0 amide bonds. The lowest BCUT2D eigenvalue weighted by atomic mass is 9.71. The number of Topliss-reactive ketones (excluding diaryl/α,β-unsaturated/α-hetero) is 1. The first-order valence-electron chi connectivity index (χ1n) is 8.61. The highest BCUT2D eigenvalue weighted by atomic mass is 32.2. The number of carbonyl (C=O) groups excluding carboxylic acids is 3. The van der Waals surface area contributed by atoms with Crippen LogP contribution < -0.4 is 0 Å². The number of methoxy groups -OCH3 is 1. The lowest BCUT2D eigenvalue weighted by Crippen LogP contribution is -2.43. The number of sulfone groups is 1. The van der Waals surface area contributed by atoms with E-state index >= 15 is 0 Å². The Hall–Kier alpha value is -2.74. The van der Waals surface area contributed by atoms with Crippen molar-refractivity contribution in [1.82, 2.24) is 0 Å². The summed E-state index contributed by atoms with van der Waals surface area (Å²) in [6.45, 7) is 2.69. The van der Waals surface area contributed by atoms with Crippen LogP contribution in [0, 0.1) is 5.41 Å². The molecule has 150 valence electrons. The van der Waals surface area contributed by atoms with Crippen molar-refractivity contribution in [2.45, 2.75) is 38.0 Å². The van der Waals surface area contributed by atoms with Crippen LogP contribution in [0.3, 0.4) is 0 Å². The predicted molar refractivity (Wildman–Crippen MR) is 101 cm³/mol. The van der Waals surface area contributed by atoms with E-state index in [9.17, 15) is 22.8 Å². The molecule has 0 spiro atoms. The van der Waals surface area contributed by atoms with Gasteiger partial charge in [0.15, 0.2) is 5.78 Å². The Kier molecular flexibility index (Phi) is 6.56. The number of carbonyl (C=O) groups is 3. The molecule has 1 unspecified atom stereocenters. The second-order valence-corrected chi connectivity index (χ2v) is 8.52. The first-order chi connectivity index (χ1) is 13.1. The Balaban J connectivity index is 2.59. The molecule has 28 heavy (non-hydrogen) atoms. The van der Waals surface area contributed by atoms with Gasteiger partial charge in [0.05, 0.1) is 16.9 Å². The summed E-state index contributed by atoms with van der Waals surface area (Å²) < 4.78 is 35.9. The summed E-state index contributed by atoms with van der Waals surface area (Å²) in [5.41, 5.74) is -1.33. The predicted octanol–water partition coefficient (Wildman–Crippen LogP) is 2.72. The van der Waals surface area contributed by atoms with Crippen molar-refractivity contribution in [3.05, 3.63) is 53.1 Å². The Morgan fingerprint density at radius 1 is 1.21 bits per heavy atom. The number of ether oxygens (including phenoxy) is 2. The second kappa shape index (κ2) is 8.52. The largest absolute Gasteiger partial charge is 0.468 e. The van der Waals surface area contributed by atoms with Crippen LogP contribution >= 0.6 is 0 Å². The molecule has 0 saturated heterocycles. The molecule has 0 aliphatic heterocycles. The Bertz CT molecular complexity index is 942. The summed E-state index contributed by atoms with van der Waals surface area (Å²) in [5.74, 6) is -2.04. The zero-order valence-electron chi connectivity index (χ0n) is 15.9. The van der Waals surface area contributed by atoms with E-state index in [-0.39, 0.29) is 16.2 Å². The van der Waals surface area contributed by atoms with Crippen molar-refractivity contribution in [1.29, 1.82) is 0 Å². The molecule has 0 heterocycles. The molecule has 7 nitrogen and oxygen atoms in total. The molecule has 0 fully saturated rings. The maximum absolute atomic E-state index is 13.1.